The number of hydrogen-bond donors (Lipinski definition) is 2. The van der Waals surface area contributed by atoms with E-state index in [9.17, 15) is 14.7 Å². The number of rotatable bonds is 3. The summed E-state index contributed by atoms with van der Waals surface area (Å²) in [6.45, 7) is 3.63. The van der Waals surface area contributed by atoms with E-state index >= 15 is 0 Å². The van der Waals surface area contributed by atoms with Gasteiger partial charge in [-0.2, -0.15) is 0 Å². The van der Waals surface area contributed by atoms with Gasteiger partial charge < -0.3 is 15.1 Å². The van der Waals surface area contributed by atoms with Crippen molar-refractivity contribution in [2.75, 3.05) is 6.54 Å². The summed E-state index contributed by atoms with van der Waals surface area (Å²) >= 11 is 0. The van der Waals surface area contributed by atoms with Gasteiger partial charge >= 0.3 is 5.97 Å². The molecular formula is C9H15NO4. The van der Waals surface area contributed by atoms with E-state index in [0.29, 0.717) is 0 Å². The van der Waals surface area contributed by atoms with E-state index in [1.165, 1.54) is 4.90 Å². The predicted molar refractivity (Wildman–Crippen MR) is 48.6 cm³/mol. The van der Waals surface area contributed by atoms with E-state index in [2.05, 4.69) is 0 Å². The van der Waals surface area contributed by atoms with Crippen molar-refractivity contribution in [3.63, 3.8) is 0 Å². The molecule has 0 aromatic carbocycles. The second-order valence-electron chi connectivity index (χ2n) is 3.93. The zero-order valence-corrected chi connectivity index (χ0v) is 8.30. The van der Waals surface area contributed by atoms with Crippen molar-refractivity contribution in [1.29, 1.82) is 0 Å². The number of hydrogen-bond acceptors (Lipinski definition) is 3. The second kappa shape index (κ2) is 3.96. The molecule has 1 fully saturated rings. The van der Waals surface area contributed by atoms with Gasteiger partial charge in [0.2, 0.25) is 5.91 Å². The molecule has 0 saturated carbocycles. The lowest BCUT2D eigenvalue weighted by Crippen LogP contribution is -2.45. The number of aliphatic carboxylic acids is 1. The largest absolute Gasteiger partial charge is 0.480 e. The third-order valence-corrected chi connectivity index (χ3v) is 2.36. The summed E-state index contributed by atoms with van der Waals surface area (Å²) in [5.74, 6) is -1.44. The Balaban J connectivity index is 2.79. The number of nitrogens with zero attached hydrogens (tertiary/aromatic N) is 1. The first kappa shape index (κ1) is 11.0. The molecule has 1 aliphatic heterocycles. The fourth-order valence-corrected chi connectivity index (χ4v) is 1.76. The molecule has 0 bridgehead atoms. The summed E-state index contributed by atoms with van der Waals surface area (Å²) in [4.78, 5) is 23.5. The summed E-state index contributed by atoms with van der Waals surface area (Å²) < 4.78 is 0. The maximum absolute atomic E-state index is 11.3. The van der Waals surface area contributed by atoms with Crippen LogP contribution in [0.15, 0.2) is 0 Å². The van der Waals surface area contributed by atoms with Gasteiger partial charge in [-0.05, 0) is 5.92 Å². The summed E-state index contributed by atoms with van der Waals surface area (Å²) in [5, 5.41) is 18.2. The van der Waals surface area contributed by atoms with Crippen molar-refractivity contribution in [1.82, 2.24) is 4.90 Å². The van der Waals surface area contributed by atoms with Gasteiger partial charge in [-0.1, -0.05) is 13.8 Å². The molecule has 1 saturated heterocycles. The first-order chi connectivity index (χ1) is 6.43. The second-order valence-corrected chi connectivity index (χ2v) is 3.93. The van der Waals surface area contributed by atoms with E-state index in [0.717, 1.165) is 0 Å². The molecule has 1 unspecified atom stereocenters. The highest BCUT2D eigenvalue weighted by Gasteiger charge is 2.38. The molecule has 80 valence electrons. The highest BCUT2D eigenvalue weighted by molar-refractivity contribution is 5.85. The van der Waals surface area contributed by atoms with Crippen LogP contribution in [-0.4, -0.2) is 45.7 Å². The smallest absolute Gasteiger partial charge is 0.326 e. The summed E-state index contributed by atoms with van der Waals surface area (Å²) in [6.07, 6.45) is -0.681. The average molecular weight is 201 g/mol. The van der Waals surface area contributed by atoms with Crippen LogP contribution in [0.1, 0.15) is 20.3 Å². The lowest BCUT2D eigenvalue weighted by Gasteiger charge is -2.27. The molecule has 0 aliphatic carbocycles. The molecule has 5 nitrogen and oxygen atoms in total. The Morgan fingerprint density at radius 3 is 2.43 bits per heavy atom. The van der Waals surface area contributed by atoms with E-state index in [-0.39, 0.29) is 24.8 Å². The van der Waals surface area contributed by atoms with Crippen LogP contribution in [-0.2, 0) is 9.59 Å². The van der Waals surface area contributed by atoms with Gasteiger partial charge in [0.05, 0.1) is 12.5 Å². The van der Waals surface area contributed by atoms with Crippen LogP contribution in [0.2, 0.25) is 0 Å². The molecule has 1 aliphatic rings. The van der Waals surface area contributed by atoms with Gasteiger partial charge in [0.15, 0.2) is 0 Å². The standard InChI is InChI=1S/C9H15NO4/c1-5(2)8(9(13)14)10-4-6(11)3-7(10)12/h5-6,8,11H,3-4H2,1-2H3,(H,13,14)/t6?,8-/m0/s1. The van der Waals surface area contributed by atoms with Crippen molar-refractivity contribution in [3.8, 4) is 0 Å². The van der Waals surface area contributed by atoms with E-state index < -0.39 is 18.1 Å². The molecule has 0 aromatic rings. The molecule has 1 heterocycles. The quantitative estimate of drug-likeness (QED) is 0.656. The minimum absolute atomic E-state index is 0.0382. The lowest BCUT2D eigenvalue weighted by molar-refractivity contribution is -0.150. The molecule has 2 N–H and O–H groups in total. The van der Waals surface area contributed by atoms with Gasteiger partial charge in [-0.3, -0.25) is 4.79 Å². The number of likely N-dealkylation sites (tertiary alicyclic amines) is 1. The molecule has 1 amide bonds. The zero-order chi connectivity index (χ0) is 10.9. The Labute approximate surface area is 82.3 Å². The lowest BCUT2D eigenvalue weighted by atomic mass is 10.0. The molecule has 0 aromatic heterocycles. The fourth-order valence-electron chi connectivity index (χ4n) is 1.76. The van der Waals surface area contributed by atoms with Crippen LogP contribution in [0, 0.1) is 5.92 Å². The minimum atomic E-state index is -1.01. The molecule has 1 rings (SSSR count). The Kier molecular flexibility index (Phi) is 3.10. The number of carboxylic acids is 1. The summed E-state index contributed by atoms with van der Waals surface area (Å²) in [7, 11) is 0. The number of amides is 1. The highest BCUT2D eigenvalue weighted by Crippen LogP contribution is 2.19. The molecule has 5 heteroatoms. The van der Waals surface area contributed by atoms with Crippen LogP contribution >= 0.6 is 0 Å². The van der Waals surface area contributed by atoms with Crippen molar-refractivity contribution in [2.45, 2.75) is 32.4 Å². The van der Waals surface area contributed by atoms with Gasteiger partial charge in [0, 0.05) is 6.54 Å². The average Bonchev–Trinajstić information content (AvgIpc) is 2.29. The number of aliphatic hydroxyl groups is 1. The van der Waals surface area contributed by atoms with E-state index in [4.69, 9.17) is 5.11 Å². The molecular weight excluding hydrogens is 186 g/mol. The maximum Gasteiger partial charge on any atom is 0.326 e. The van der Waals surface area contributed by atoms with Gasteiger partial charge in [0.25, 0.3) is 0 Å². The molecule has 14 heavy (non-hydrogen) atoms. The number of β-amino-alcohol motifs (C(OH)–C–C–N with tert-alkyl or cyclic N) is 1. The van der Waals surface area contributed by atoms with E-state index in [1.807, 2.05) is 0 Å². The van der Waals surface area contributed by atoms with Crippen LogP contribution in [0.25, 0.3) is 0 Å². The summed E-state index contributed by atoms with van der Waals surface area (Å²) in [5.41, 5.74) is 0. The molecule has 2 atom stereocenters. The van der Waals surface area contributed by atoms with Crippen LogP contribution in [0.4, 0.5) is 0 Å². The van der Waals surface area contributed by atoms with Crippen molar-refractivity contribution in [2.24, 2.45) is 5.92 Å². The third kappa shape index (κ3) is 2.04. The van der Waals surface area contributed by atoms with Crippen molar-refractivity contribution >= 4 is 11.9 Å². The highest BCUT2D eigenvalue weighted by atomic mass is 16.4. The maximum atomic E-state index is 11.3. The first-order valence-electron chi connectivity index (χ1n) is 4.63. The summed E-state index contributed by atoms with van der Waals surface area (Å²) in [6, 6.07) is -0.820. The Morgan fingerprint density at radius 2 is 2.14 bits per heavy atom. The fraction of sp³-hybridized carbons (Fsp3) is 0.778. The van der Waals surface area contributed by atoms with Gasteiger partial charge in [0.1, 0.15) is 6.04 Å². The number of aliphatic hydroxyl groups excluding tert-OH is 1. The monoisotopic (exact) mass is 201 g/mol. The van der Waals surface area contributed by atoms with Gasteiger partial charge in [-0.15, -0.1) is 0 Å². The third-order valence-electron chi connectivity index (χ3n) is 2.36. The number of carbonyl (C=O) groups is 2. The van der Waals surface area contributed by atoms with Crippen LogP contribution in [0.3, 0.4) is 0 Å². The van der Waals surface area contributed by atoms with Crippen LogP contribution < -0.4 is 0 Å². The zero-order valence-electron chi connectivity index (χ0n) is 8.30. The first-order valence-corrected chi connectivity index (χ1v) is 4.63. The Morgan fingerprint density at radius 1 is 1.57 bits per heavy atom. The molecule has 0 radical (unpaired) electrons. The van der Waals surface area contributed by atoms with Crippen molar-refractivity contribution < 1.29 is 19.8 Å². The predicted octanol–water partition coefficient (Wildman–Crippen LogP) is -0.311. The van der Waals surface area contributed by atoms with Crippen LogP contribution in [0.5, 0.6) is 0 Å². The van der Waals surface area contributed by atoms with Crippen molar-refractivity contribution in [3.05, 3.63) is 0 Å². The normalized spacial score (nSPS) is 24.4. The van der Waals surface area contributed by atoms with E-state index in [1.54, 1.807) is 13.8 Å². The topological polar surface area (TPSA) is 77.8 Å². The SMILES string of the molecule is CC(C)[C@@H](C(=O)O)N1CC(O)CC1=O. The Bertz CT molecular complexity index is 251. The number of carboxylic acid groups (broad SMARTS) is 1. The molecule has 0 spiro atoms. The number of carbonyl (C=O) groups excluding carboxylic acids is 1. The van der Waals surface area contributed by atoms with Gasteiger partial charge in [-0.25, -0.2) is 4.79 Å². The Hall–Kier alpha value is -1.10. The minimum Gasteiger partial charge on any atom is -0.480 e.